The second-order valence-electron chi connectivity index (χ2n) is 6.14. The van der Waals surface area contributed by atoms with Gasteiger partial charge in [0.15, 0.2) is 16.6 Å². The van der Waals surface area contributed by atoms with Crippen LogP contribution in [0.5, 0.6) is 11.5 Å². The van der Waals surface area contributed by atoms with Gasteiger partial charge in [-0.15, -0.1) is 11.3 Å². The van der Waals surface area contributed by atoms with Gasteiger partial charge < -0.3 is 20.1 Å². The number of fused-ring (bicyclic) bond motifs is 1. The smallest absolute Gasteiger partial charge is 0.252 e. The Morgan fingerprint density at radius 1 is 1.14 bits per heavy atom. The molecule has 29 heavy (non-hydrogen) atoms. The number of halogens is 1. The van der Waals surface area contributed by atoms with Crippen LogP contribution in [0.3, 0.4) is 0 Å². The van der Waals surface area contributed by atoms with Crippen molar-refractivity contribution in [1.82, 2.24) is 10.3 Å². The third-order valence-electron chi connectivity index (χ3n) is 4.17. The number of anilines is 1. The highest BCUT2D eigenvalue weighted by Crippen LogP contribution is 2.36. The summed E-state index contributed by atoms with van der Waals surface area (Å²) in [7, 11) is 0. The first kappa shape index (κ1) is 19.2. The summed E-state index contributed by atoms with van der Waals surface area (Å²) < 4.78 is 10.7. The average Bonchev–Trinajstić information content (AvgIpc) is 3.36. The molecule has 0 aliphatic carbocycles. The van der Waals surface area contributed by atoms with Gasteiger partial charge in [-0.3, -0.25) is 9.59 Å². The van der Waals surface area contributed by atoms with Crippen LogP contribution in [0.15, 0.2) is 47.8 Å². The number of thiazole rings is 1. The highest BCUT2D eigenvalue weighted by molar-refractivity contribution is 7.14. The SMILES string of the molecule is O=C(CCNC(=O)c1ccccc1Cl)Nc1nc(-c2ccc3c(c2)OCO3)cs1. The Morgan fingerprint density at radius 3 is 2.83 bits per heavy atom. The molecule has 4 rings (SSSR count). The van der Waals surface area contributed by atoms with Crippen LogP contribution in [-0.2, 0) is 4.79 Å². The molecule has 0 fully saturated rings. The molecule has 2 aromatic carbocycles. The van der Waals surface area contributed by atoms with Crippen molar-refractivity contribution in [3.05, 3.63) is 58.4 Å². The Morgan fingerprint density at radius 2 is 1.97 bits per heavy atom. The maximum Gasteiger partial charge on any atom is 0.252 e. The predicted molar refractivity (Wildman–Crippen MR) is 111 cm³/mol. The number of carbonyl (C=O) groups is 2. The summed E-state index contributed by atoms with van der Waals surface area (Å²) in [4.78, 5) is 28.7. The number of benzene rings is 2. The molecule has 9 heteroatoms. The molecule has 2 heterocycles. The third-order valence-corrected chi connectivity index (χ3v) is 5.26. The zero-order valence-electron chi connectivity index (χ0n) is 15.1. The molecule has 2 amide bonds. The van der Waals surface area contributed by atoms with Crippen molar-refractivity contribution in [2.45, 2.75) is 6.42 Å². The van der Waals surface area contributed by atoms with Crippen LogP contribution in [0.25, 0.3) is 11.3 Å². The minimum absolute atomic E-state index is 0.120. The van der Waals surface area contributed by atoms with E-state index in [1.807, 2.05) is 23.6 Å². The van der Waals surface area contributed by atoms with Gasteiger partial charge in [-0.25, -0.2) is 4.98 Å². The van der Waals surface area contributed by atoms with Crippen molar-refractivity contribution in [2.24, 2.45) is 0 Å². The molecule has 1 aromatic heterocycles. The summed E-state index contributed by atoms with van der Waals surface area (Å²) in [5.74, 6) is 0.825. The molecule has 7 nitrogen and oxygen atoms in total. The molecule has 3 aromatic rings. The van der Waals surface area contributed by atoms with E-state index in [-0.39, 0.29) is 31.6 Å². The molecule has 148 valence electrons. The van der Waals surface area contributed by atoms with E-state index < -0.39 is 0 Å². The molecule has 1 aliphatic rings. The summed E-state index contributed by atoms with van der Waals surface area (Å²) in [6.45, 7) is 0.403. The number of ether oxygens (including phenoxy) is 2. The quantitative estimate of drug-likeness (QED) is 0.619. The summed E-state index contributed by atoms with van der Waals surface area (Å²) in [5, 5.41) is 8.14. The van der Waals surface area contributed by atoms with Crippen molar-refractivity contribution < 1.29 is 19.1 Å². The Kier molecular flexibility index (Phi) is 5.64. The van der Waals surface area contributed by atoms with E-state index in [9.17, 15) is 9.59 Å². The van der Waals surface area contributed by atoms with E-state index >= 15 is 0 Å². The van der Waals surface area contributed by atoms with Gasteiger partial charge in [-0.2, -0.15) is 0 Å². The number of aromatic nitrogens is 1. The van der Waals surface area contributed by atoms with Crippen LogP contribution in [0.2, 0.25) is 5.02 Å². The van der Waals surface area contributed by atoms with Crippen LogP contribution in [0.4, 0.5) is 5.13 Å². The Labute approximate surface area is 175 Å². The molecule has 2 N–H and O–H groups in total. The van der Waals surface area contributed by atoms with Gasteiger partial charge in [0.1, 0.15) is 0 Å². The number of hydrogen-bond donors (Lipinski definition) is 2. The predicted octanol–water partition coefficient (Wildman–Crippen LogP) is 3.95. The fourth-order valence-electron chi connectivity index (χ4n) is 2.73. The van der Waals surface area contributed by atoms with E-state index in [2.05, 4.69) is 15.6 Å². The molecule has 0 atom stereocenters. The second-order valence-corrected chi connectivity index (χ2v) is 7.41. The van der Waals surface area contributed by atoms with Gasteiger partial charge in [0, 0.05) is 23.9 Å². The van der Waals surface area contributed by atoms with Crippen LogP contribution in [-0.4, -0.2) is 30.1 Å². The maximum atomic E-state index is 12.1. The first-order valence-corrected chi connectivity index (χ1v) is 10.0. The van der Waals surface area contributed by atoms with Gasteiger partial charge in [0.2, 0.25) is 12.7 Å². The lowest BCUT2D eigenvalue weighted by Gasteiger charge is -2.06. The average molecular weight is 430 g/mol. The largest absolute Gasteiger partial charge is 0.454 e. The van der Waals surface area contributed by atoms with Crippen molar-refractivity contribution in [1.29, 1.82) is 0 Å². The van der Waals surface area contributed by atoms with E-state index in [1.54, 1.807) is 24.3 Å². The zero-order chi connectivity index (χ0) is 20.2. The lowest BCUT2D eigenvalue weighted by molar-refractivity contribution is -0.116. The van der Waals surface area contributed by atoms with Crippen molar-refractivity contribution in [3.8, 4) is 22.8 Å². The molecule has 1 aliphatic heterocycles. The maximum absolute atomic E-state index is 12.1. The van der Waals surface area contributed by atoms with Crippen LogP contribution >= 0.6 is 22.9 Å². The normalized spacial score (nSPS) is 11.9. The zero-order valence-corrected chi connectivity index (χ0v) is 16.7. The lowest BCUT2D eigenvalue weighted by atomic mass is 10.1. The number of rotatable bonds is 6. The van der Waals surface area contributed by atoms with Crippen molar-refractivity contribution >= 4 is 39.9 Å². The van der Waals surface area contributed by atoms with Gasteiger partial charge in [0.25, 0.3) is 5.91 Å². The fourth-order valence-corrected chi connectivity index (χ4v) is 3.69. The lowest BCUT2D eigenvalue weighted by Crippen LogP contribution is -2.27. The Hall–Kier alpha value is -3.10. The molecular formula is C20H16ClN3O4S. The molecule has 0 saturated heterocycles. The van der Waals surface area contributed by atoms with E-state index in [4.69, 9.17) is 21.1 Å². The number of nitrogens with one attached hydrogen (secondary N) is 2. The van der Waals surface area contributed by atoms with E-state index in [0.29, 0.717) is 27.2 Å². The van der Waals surface area contributed by atoms with Crippen LogP contribution in [0, 0.1) is 0 Å². The molecule has 0 saturated carbocycles. The van der Waals surface area contributed by atoms with Gasteiger partial charge in [0.05, 0.1) is 16.3 Å². The van der Waals surface area contributed by atoms with Crippen molar-refractivity contribution in [2.75, 3.05) is 18.7 Å². The molecule has 0 radical (unpaired) electrons. The van der Waals surface area contributed by atoms with Crippen LogP contribution < -0.4 is 20.1 Å². The standard InChI is InChI=1S/C20H16ClN3O4S/c21-14-4-2-1-3-13(14)19(26)22-8-7-18(25)24-20-23-15(10-29-20)12-5-6-16-17(9-12)28-11-27-16/h1-6,9-10H,7-8,11H2,(H,22,26)(H,23,24,25). The third kappa shape index (κ3) is 4.49. The fraction of sp³-hybridized carbons (Fsp3) is 0.150. The monoisotopic (exact) mass is 429 g/mol. The summed E-state index contributed by atoms with van der Waals surface area (Å²) >= 11 is 7.31. The molecule has 0 spiro atoms. The highest BCUT2D eigenvalue weighted by Gasteiger charge is 2.16. The number of amides is 2. The first-order valence-electron chi connectivity index (χ1n) is 8.78. The van der Waals surface area contributed by atoms with E-state index in [0.717, 1.165) is 11.3 Å². The van der Waals surface area contributed by atoms with E-state index in [1.165, 1.54) is 11.3 Å². The summed E-state index contributed by atoms with van der Waals surface area (Å²) in [5.41, 5.74) is 1.98. The number of hydrogen-bond acceptors (Lipinski definition) is 6. The number of carbonyl (C=O) groups excluding carboxylic acids is 2. The Balaban J connectivity index is 1.29. The minimum atomic E-state index is -0.317. The molecular weight excluding hydrogens is 414 g/mol. The van der Waals surface area contributed by atoms with Gasteiger partial charge >= 0.3 is 0 Å². The van der Waals surface area contributed by atoms with Gasteiger partial charge in [-0.05, 0) is 30.3 Å². The number of nitrogens with zero attached hydrogens (tertiary/aromatic N) is 1. The topological polar surface area (TPSA) is 89.6 Å². The summed E-state index contributed by atoms with van der Waals surface area (Å²) in [6.07, 6.45) is 0.120. The minimum Gasteiger partial charge on any atom is -0.454 e. The molecule has 0 unspecified atom stereocenters. The first-order chi connectivity index (χ1) is 14.1. The Bertz CT molecular complexity index is 1070. The van der Waals surface area contributed by atoms with Crippen molar-refractivity contribution in [3.63, 3.8) is 0 Å². The summed E-state index contributed by atoms with van der Waals surface area (Å²) in [6, 6.07) is 12.3. The van der Waals surface area contributed by atoms with Crippen LogP contribution in [0.1, 0.15) is 16.8 Å². The highest BCUT2D eigenvalue weighted by atomic mass is 35.5. The van der Waals surface area contributed by atoms with Gasteiger partial charge in [-0.1, -0.05) is 23.7 Å². The molecule has 0 bridgehead atoms. The second kappa shape index (κ2) is 8.50.